The summed E-state index contributed by atoms with van der Waals surface area (Å²) < 4.78 is 0. The third kappa shape index (κ3) is 3.96. The summed E-state index contributed by atoms with van der Waals surface area (Å²) in [6, 6.07) is -0.153. The molecule has 4 nitrogen and oxygen atoms in total. The zero-order valence-corrected chi connectivity index (χ0v) is 11.3. The van der Waals surface area contributed by atoms with Gasteiger partial charge in [-0.3, -0.25) is 4.79 Å². The summed E-state index contributed by atoms with van der Waals surface area (Å²) in [5.74, 6) is -0.0385. The van der Waals surface area contributed by atoms with Crippen LogP contribution in [0.1, 0.15) is 52.9 Å². The molecule has 1 aliphatic rings. The van der Waals surface area contributed by atoms with Crippen molar-refractivity contribution in [3.05, 3.63) is 0 Å². The van der Waals surface area contributed by atoms with E-state index in [4.69, 9.17) is 5.73 Å². The van der Waals surface area contributed by atoms with Crippen LogP contribution in [0.4, 0.5) is 0 Å². The van der Waals surface area contributed by atoms with Crippen molar-refractivity contribution in [2.75, 3.05) is 6.61 Å². The Hall–Kier alpha value is -0.610. The summed E-state index contributed by atoms with van der Waals surface area (Å²) in [5.41, 5.74) is 5.54. The van der Waals surface area contributed by atoms with Crippen molar-refractivity contribution in [3.8, 4) is 0 Å². The average molecular weight is 242 g/mol. The molecule has 0 heterocycles. The Morgan fingerprint density at radius 2 is 1.94 bits per heavy atom. The number of carbonyl (C=O) groups excluding carboxylic acids is 1. The van der Waals surface area contributed by atoms with E-state index >= 15 is 0 Å². The van der Waals surface area contributed by atoms with Gasteiger partial charge in [-0.05, 0) is 18.3 Å². The number of aliphatic hydroxyl groups excluding tert-OH is 1. The Balaban J connectivity index is 2.49. The number of hydrogen-bond donors (Lipinski definition) is 3. The van der Waals surface area contributed by atoms with E-state index in [0.29, 0.717) is 6.42 Å². The number of amides is 1. The third-order valence-corrected chi connectivity index (χ3v) is 3.79. The van der Waals surface area contributed by atoms with E-state index in [0.717, 1.165) is 25.7 Å². The van der Waals surface area contributed by atoms with Crippen molar-refractivity contribution in [3.63, 3.8) is 0 Å². The van der Waals surface area contributed by atoms with Gasteiger partial charge >= 0.3 is 0 Å². The van der Waals surface area contributed by atoms with Gasteiger partial charge in [0.05, 0.1) is 12.1 Å². The number of nitrogens with two attached hydrogens (primary N) is 1. The highest BCUT2D eigenvalue weighted by molar-refractivity contribution is 5.77. The minimum Gasteiger partial charge on any atom is -0.394 e. The second kappa shape index (κ2) is 5.36. The first kappa shape index (κ1) is 14.5. The van der Waals surface area contributed by atoms with Crippen molar-refractivity contribution in [2.24, 2.45) is 11.1 Å². The van der Waals surface area contributed by atoms with Crippen molar-refractivity contribution < 1.29 is 9.90 Å². The van der Waals surface area contributed by atoms with Crippen molar-refractivity contribution in [1.82, 2.24) is 5.32 Å². The van der Waals surface area contributed by atoms with Gasteiger partial charge in [-0.25, -0.2) is 0 Å². The zero-order valence-electron chi connectivity index (χ0n) is 11.3. The fourth-order valence-corrected chi connectivity index (χ4v) is 2.23. The first-order valence-corrected chi connectivity index (χ1v) is 6.46. The van der Waals surface area contributed by atoms with Crippen LogP contribution in [0.15, 0.2) is 0 Å². The maximum absolute atomic E-state index is 11.9. The topological polar surface area (TPSA) is 75.4 Å². The predicted octanol–water partition coefficient (Wildman–Crippen LogP) is 1.17. The summed E-state index contributed by atoms with van der Waals surface area (Å²) in [5, 5.41) is 12.4. The minimum absolute atomic E-state index is 0.0312. The first-order chi connectivity index (χ1) is 7.79. The molecule has 1 amide bonds. The molecule has 1 saturated carbocycles. The van der Waals surface area contributed by atoms with E-state index in [1.807, 2.05) is 20.8 Å². The lowest BCUT2D eigenvalue weighted by molar-refractivity contribution is -0.124. The van der Waals surface area contributed by atoms with Crippen LogP contribution in [0.2, 0.25) is 0 Å². The molecule has 100 valence electrons. The first-order valence-electron chi connectivity index (χ1n) is 6.46. The van der Waals surface area contributed by atoms with Crippen LogP contribution in [-0.4, -0.2) is 29.2 Å². The third-order valence-electron chi connectivity index (χ3n) is 3.79. The molecule has 0 aromatic carbocycles. The fraction of sp³-hybridized carbons (Fsp3) is 0.923. The summed E-state index contributed by atoms with van der Waals surface area (Å²) >= 11 is 0. The standard InChI is InChI=1S/C13H26N2O2/c1-12(2,3)10(14)8-11(17)15-13(9-16)6-4-5-7-13/h10,16H,4-9,14H2,1-3H3,(H,15,17). The molecule has 0 radical (unpaired) electrons. The van der Waals surface area contributed by atoms with Gasteiger partial charge in [0.15, 0.2) is 0 Å². The summed E-state index contributed by atoms with van der Waals surface area (Å²) in [6.07, 6.45) is 4.23. The SMILES string of the molecule is CC(C)(C)C(N)CC(=O)NC1(CO)CCCC1. The van der Waals surface area contributed by atoms with Crippen LogP contribution in [0.3, 0.4) is 0 Å². The van der Waals surface area contributed by atoms with Gasteiger partial charge in [0, 0.05) is 12.5 Å². The van der Waals surface area contributed by atoms with Crippen LogP contribution in [-0.2, 0) is 4.79 Å². The molecule has 0 aromatic heterocycles. The van der Waals surface area contributed by atoms with E-state index in [-0.39, 0.29) is 29.5 Å². The molecule has 1 rings (SSSR count). The van der Waals surface area contributed by atoms with Gasteiger partial charge in [-0.1, -0.05) is 33.6 Å². The van der Waals surface area contributed by atoms with Gasteiger partial charge in [0.25, 0.3) is 0 Å². The molecular formula is C13H26N2O2. The zero-order chi connectivity index (χ0) is 13.1. The lowest BCUT2D eigenvalue weighted by Crippen LogP contribution is -2.51. The fourth-order valence-electron chi connectivity index (χ4n) is 2.23. The summed E-state index contributed by atoms with van der Waals surface area (Å²) in [6.45, 7) is 6.12. The maximum atomic E-state index is 11.9. The van der Waals surface area contributed by atoms with Crippen LogP contribution in [0.25, 0.3) is 0 Å². The lowest BCUT2D eigenvalue weighted by atomic mass is 9.85. The highest BCUT2D eigenvalue weighted by Gasteiger charge is 2.35. The molecule has 0 spiro atoms. The summed E-state index contributed by atoms with van der Waals surface area (Å²) in [7, 11) is 0. The highest BCUT2D eigenvalue weighted by Crippen LogP contribution is 2.29. The molecule has 0 saturated heterocycles. The lowest BCUT2D eigenvalue weighted by Gasteiger charge is -2.31. The molecule has 4 N–H and O–H groups in total. The Kier molecular flexibility index (Phi) is 4.55. The Bertz CT molecular complexity index is 265. The Labute approximate surface area is 104 Å². The average Bonchev–Trinajstić information content (AvgIpc) is 2.65. The molecule has 1 fully saturated rings. The largest absolute Gasteiger partial charge is 0.394 e. The molecule has 1 aliphatic carbocycles. The Morgan fingerprint density at radius 1 is 1.41 bits per heavy atom. The van der Waals surface area contributed by atoms with Crippen molar-refractivity contribution >= 4 is 5.91 Å². The van der Waals surface area contributed by atoms with Gasteiger partial charge in [-0.15, -0.1) is 0 Å². The second-order valence-electron chi connectivity index (χ2n) is 6.37. The molecule has 0 aliphatic heterocycles. The van der Waals surface area contributed by atoms with Crippen molar-refractivity contribution in [1.29, 1.82) is 0 Å². The molecule has 4 heteroatoms. The molecular weight excluding hydrogens is 216 g/mol. The predicted molar refractivity (Wildman–Crippen MR) is 68.5 cm³/mol. The van der Waals surface area contributed by atoms with Gasteiger partial charge in [0.1, 0.15) is 0 Å². The van der Waals surface area contributed by atoms with Crippen LogP contribution < -0.4 is 11.1 Å². The van der Waals surface area contributed by atoms with Gasteiger partial charge < -0.3 is 16.2 Å². The van der Waals surface area contributed by atoms with Crippen LogP contribution in [0.5, 0.6) is 0 Å². The van der Waals surface area contributed by atoms with E-state index in [1.165, 1.54) is 0 Å². The van der Waals surface area contributed by atoms with E-state index < -0.39 is 0 Å². The second-order valence-corrected chi connectivity index (χ2v) is 6.37. The monoisotopic (exact) mass is 242 g/mol. The van der Waals surface area contributed by atoms with Crippen LogP contribution >= 0.6 is 0 Å². The summed E-state index contributed by atoms with van der Waals surface area (Å²) in [4.78, 5) is 11.9. The minimum atomic E-state index is -0.380. The molecule has 17 heavy (non-hydrogen) atoms. The van der Waals surface area contributed by atoms with Gasteiger partial charge in [0.2, 0.25) is 5.91 Å². The number of aliphatic hydroxyl groups is 1. The number of hydrogen-bond acceptors (Lipinski definition) is 3. The Morgan fingerprint density at radius 3 is 2.35 bits per heavy atom. The molecule has 0 bridgehead atoms. The van der Waals surface area contributed by atoms with Crippen molar-refractivity contribution in [2.45, 2.75) is 64.5 Å². The molecule has 1 atom stereocenters. The molecule has 1 unspecified atom stereocenters. The number of carbonyl (C=O) groups is 1. The van der Waals surface area contributed by atoms with E-state index in [1.54, 1.807) is 0 Å². The molecule has 0 aromatic rings. The highest BCUT2D eigenvalue weighted by atomic mass is 16.3. The van der Waals surface area contributed by atoms with Gasteiger partial charge in [-0.2, -0.15) is 0 Å². The maximum Gasteiger partial charge on any atom is 0.222 e. The number of nitrogens with one attached hydrogen (secondary N) is 1. The smallest absolute Gasteiger partial charge is 0.222 e. The van der Waals surface area contributed by atoms with E-state index in [9.17, 15) is 9.90 Å². The van der Waals surface area contributed by atoms with E-state index in [2.05, 4.69) is 5.32 Å². The quantitative estimate of drug-likeness (QED) is 0.692. The normalized spacial score (nSPS) is 21.2. The number of rotatable bonds is 4. The van der Waals surface area contributed by atoms with Crippen LogP contribution in [0, 0.1) is 5.41 Å².